The number of allylic oxidation sites excluding steroid dienone is 1. The first-order valence-corrected chi connectivity index (χ1v) is 10.9. The summed E-state index contributed by atoms with van der Waals surface area (Å²) in [5.41, 5.74) is 2.14. The van der Waals surface area contributed by atoms with E-state index < -0.39 is 5.91 Å². The topological polar surface area (TPSA) is 116 Å². The molecule has 0 radical (unpaired) electrons. The standard InChI is InChI=1S/C12H17N5O3S.C8H8Cl2/c1-7(2)9(17-13-3)11(20)16-12-15-6-8(21-12)10(19)14-4-5-18;1-2-6-3-4-7(9)8(10)5-6/h6,18H,4-5H2,1-3H3,(H,14,19)(H,15,16,20);3-5H,2H2,1H3. The van der Waals surface area contributed by atoms with Crippen molar-refractivity contribution in [3.05, 3.63) is 56.2 Å². The predicted molar refractivity (Wildman–Crippen MR) is 125 cm³/mol. The Hall–Kier alpha value is -2.33. The second-order valence-corrected chi connectivity index (χ2v) is 8.06. The Balaban J connectivity index is 0.000000399. The number of azo groups is 1. The molecule has 0 bridgehead atoms. The highest BCUT2D eigenvalue weighted by Crippen LogP contribution is 2.22. The summed E-state index contributed by atoms with van der Waals surface area (Å²) in [5, 5.41) is 22.6. The number of halogens is 2. The number of nitrogens with one attached hydrogen (secondary N) is 2. The van der Waals surface area contributed by atoms with Crippen LogP contribution >= 0.6 is 34.5 Å². The van der Waals surface area contributed by atoms with Gasteiger partial charge < -0.3 is 10.4 Å². The summed E-state index contributed by atoms with van der Waals surface area (Å²) >= 11 is 12.5. The summed E-state index contributed by atoms with van der Waals surface area (Å²) in [7, 11) is 1.48. The minimum absolute atomic E-state index is 0.139. The molecule has 2 rings (SSSR count). The molecule has 3 N–H and O–H groups in total. The van der Waals surface area contributed by atoms with Gasteiger partial charge in [0.2, 0.25) is 0 Å². The van der Waals surface area contributed by atoms with E-state index in [2.05, 4.69) is 32.8 Å². The average Bonchev–Trinajstić information content (AvgIpc) is 3.20. The molecule has 2 amide bonds. The number of aliphatic hydroxyl groups excluding tert-OH is 1. The molecule has 168 valence electrons. The number of aryl methyl sites for hydroxylation is 1. The number of amides is 2. The molecule has 1 aromatic heterocycles. The number of nitrogens with zero attached hydrogens (tertiary/aromatic N) is 3. The lowest BCUT2D eigenvalue weighted by molar-refractivity contribution is -0.113. The second kappa shape index (κ2) is 13.9. The van der Waals surface area contributed by atoms with Gasteiger partial charge >= 0.3 is 0 Å². The fraction of sp³-hybridized carbons (Fsp3) is 0.350. The molecule has 1 aromatic carbocycles. The van der Waals surface area contributed by atoms with E-state index in [4.69, 9.17) is 28.3 Å². The number of aliphatic hydroxyl groups is 1. The Morgan fingerprint density at radius 2 is 1.94 bits per heavy atom. The summed E-state index contributed by atoms with van der Waals surface area (Å²) < 4.78 is 0. The number of carbonyl (C=O) groups is 2. The first kappa shape index (κ1) is 26.7. The Labute approximate surface area is 195 Å². The number of hydrogen-bond donors (Lipinski definition) is 3. The zero-order valence-electron chi connectivity index (χ0n) is 17.7. The van der Waals surface area contributed by atoms with Crippen molar-refractivity contribution in [3.8, 4) is 0 Å². The number of carbonyl (C=O) groups excluding carboxylic acids is 2. The summed E-state index contributed by atoms with van der Waals surface area (Å²) in [6.07, 6.45) is 2.35. The highest BCUT2D eigenvalue weighted by atomic mass is 35.5. The number of hydrogen-bond acceptors (Lipinski definition) is 7. The van der Waals surface area contributed by atoms with Crippen LogP contribution in [0.15, 0.2) is 45.9 Å². The minimum Gasteiger partial charge on any atom is -0.395 e. The molecule has 8 nitrogen and oxygen atoms in total. The molecule has 0 spiro atoms. The molecule has 0 unspecified atom stereocenters. The SMILES string of the molecule is CCc1ccc(Cl)c(Cl)c1.CN=NC(C(=O)Nc1ncc(C(=O)NCCO)s1)=C(C)C. The van der Waals surface area contributed by atoms with E-state index in [1.807, 2.05) is 18.2 Å². The first-order chi connectivity index (χ1) is 14.7. The van der Waals surface area contributed by atoms with Gasteiger partial charge in [0, 0.05) is 13.6 Å². The summed E-state index contributed by atoms with van der Waals surface area (Å²) in [5.74, 6) is -0.782. The lowest BCUT2D eigenvalue weighted by Gasteiger charge is -2.02. The van der Waals surface area contributed by atoms with Crippen molar-refractivity contribution in [2.24, 2.45) is 10.2 Å². The van der Waals surface area contributed by atoms with Gasteiger partial charge in [-0.15, -0.1) is 0 Å². The zero-order chi connectivity index (χ0) is 23.4. The Bertz CT molecular complexity index is 956. The van der Waals surface area contributed by atoms with Crippen LogP contribution in [0.25, 0.3) is 0 Å². The maximum absolute atomic E-state index is 12.0. The quantitative estimate of drug-likeness (QED) is 0.387. The molecule has 0 aliphatic heterocycles. The monoisotopic (exact) mass is 485 g/mol. The lowest BCUT2D eigenvalue weighted by atomic mass is 10.2. The molecule has 0 saturated heterocycles. The van der Waals surface area contributed by atoms with Crippen molar-refractivity contribution < 1.29 is 14.7 Å². The van der Waals surface area contributed by atoms with Gasteiger partial charge in [0.15, 0.2) is 5.13 Å². The van der Waals surface area contributed by atoms with Gasteiger partial charge in [0.05, 0.1) is 22.8 Å². The Kier molecular flexibility index (Phi) is 11.9. The number of thiazole rings is 1. The largest absolute Gasteiger partial charge is 0.395 e. The number of benzene rings is 1. The van der Waals surface area contributed by atoms with Crippen molar-refractivity contribution in [3.63, 3.8) is 0 Å². The molecule has 0 fully saturated rings. The van der Waals surface area contributed by atoms with Crippen molar-refractivity contribution in [1.82, 2.24) is 10.3 Å². The third-order valence-electron chi connectivity index (χ3n) is 3.63. The normalized spacial score (nSPS) is 10.3. The van der Waals surface area contributed by atoms with Crippen LogP contribution in [0.3, 0.4) is 0 Å². The van der Waals surface area contributed by atoms with Gasteiger partial charge in [-0.25, -0.2) is 4.98 Å². The first-order valence-electron chi connectivity index (χ1n) is 9.30. The lowest BCUT2D eigenvalue weighted by Crippen LogP contribution is -2.25. The zero-order valence-corrected chi connectivity index (χ0v) is 20.0. The van der Waals surface area contributed by atoms with Gasteiger partial charge in [-0.2, -0.15) is 10.2 Å². The number of anilines is 1. The van der Waals surface area contributed by atoms with Crippen LogP contribution in [-0.2, 0) is 11.2 Å². The van der Waals surface area contributed by atoms with E-state index in [1.54, 1.807) is 13.8 Å². The Morgan fingerprint density at radius 3 is 2.48 bits per heavy atom. The van der Waals surface area contributed by atoms with Gasteiger partial charge in [-0.3, -0.25) is 14.9 Å². The molecule has 0 atom stereocenters. The molecule has 0 aliphatic carbocycles. The smallest absolute Gasteiger partial charge is 0.277 e. The van der Waals surface area contributed by atoms with E-state index in [9.17, 15) is 9.59 Å². The van der Waals surface area contributed by atoms with Crippen LogP contribution in [0, 0.1) is 0 Å². The molecule has 0 saturated carbocycles. The van der Waals surface area contributed by atoms with E-state index in [-0.39, 0.29) is 24.8 Å². The second-order valence-electron chi connectivity index (χ2n) is 6.21. The summed E-state index contributed by atoms with van der Waals surface area (Å²) in [6, 6.07) is 5.70. The van der Waals surface area contributed by atoms with E-state index in [1.165, 1.54) is 18.8 Å². The van der Waals surface area contributed by atoms with E-state index in [0.717, 1.165) is 23.3 Å². The molecule has 1 heterocycles. The van der Waals surface area contributed by atoms with Crippen LogP contribution < -0.4 is 10.6 Å². The molecular weight excluding hydrogens is 461 g/mol. The van der Waals surface area contributed by atoms with Gasteiger partial charge in [-0.05, 0) is 43.5 Å². The van der Waals surface area contributed by atoms with Crippen LogP contribution in [-0.4, -0.2) is 42.1 Å². The maximum atomic E-state index is 12.0. The van der Waals surface area contributed by atoms with Gasteiger partial charge in [-0.1, -0.05) is 47.5 Å². The van der Waals surface area contributed by atoms with Crippen molar-refractivity contribution in [1.29, 1.82) is 0 Å². The third-order valence-corrected chi connectivity index (χ3v) is 5.28. The highest BCUT2D eigenvalue weighted by Gasteiger charge is 2.15. The summed E-state index contributed by atoms with van der Waals surface area (Å²) in [6.45, 7) is 5.61. The number of rotatable bonds is 7. The molecular formula is C20H25Cl2N5O3S. The van der Waals surface area contributed by atoms with Crippen LogP contribution in [0.2, 0.25) is 10.0 Å². The third kappa shape index (κ3) is 9.14. The van der Waals surface area contributed by atoms with Crippen molar-refractivity contribution >= 4 is 51.5 Å². The highest BCUT2D eigenvalue weighted by molar-refractivity contribution is 7.17. The van der Waals surface area contributed by atoms with Crippen molar-refractivity contribution in [2.75, 3.05) is 25.5 Å². The Morgan fingerprint density at radius 1 is 1.23 bits per heavy atom. The fourth-order valence-electron chi connectivity index (χ4n) is 2.08. The number of aromatic nitrogens is 1. The van der Waals surface area contributed by atoms with Crippen LogP contribution in [0.4, 0.5) is 5.13 Å². The van der Waals surface area contributed by atoms with Gasteiger partial charge in [0.25, 0.3) is 11.8 Å². The fourth-order valence-corrected chi connectivity index (χ4v) is 3.13. The van der Waals surface area contributed by atoms with Gasteiger partial charge in [0.1, 0.15) is 10.6 Å². The maximum Gasteiger partial charge on any atom is 0.277 e. The average molecular weight is 486 g/mol. The van der Waals surface area contributed by atoms with E-state index >= 15 is 0 Å². The van der Waals surface area contributed by atoms with Crippen molar-refractivity contribution in [2.45, 2.75) is 27.2 Å². The molecule has 0 aliphatic rings. The molecule has 2 aromatic rings. The van der Waals surface area contributed by atoms with Crippen LogP contribution in [0.5, 0.6) is 0 Å². The minimum atomic E-state index is -0.433. The molecule has 11 heteroatoms. The molecule has 31 heavy (non-hydrogen) atoms. The predicted octanol–water partition coefficient (Wildman–Crippen LogP) is 4.74. The van der Waals surface area contributed by atoms with Crippen LogP contribution in [0.1, 0.15) is 36.0 Å². The van der Waals surface area contributed by atoms with E-state index in [0.29, 0.717) is 20.1 Å². The summed E-state index contributed by atoms with van der Waals surface area (Å²) in [4.78, 5) is 27.9.